The second kappa shape index (κ2) is 6.10. The number of carbonyl (C=O) groups is 1. The van der Waals surface area contributed by atoms with Gasteiger partial charge in [-0.25, -0.2) is 0 Å². The first kappa shape index (κ1) is 14.4. The summed E-state index contributed by atoms with van der Waals surface area (Å²) in [4.78, 5) is 12.1. The van der Waals surface area contributed by atoms with E-state index in [1.165, 1.54) is 11.3 Å². The van der Waals surface area contributed by atoms with E-state index in [4.69, 9.17) is 0 Å². The molecule has 2 aromatic rings. The van der Waals surface area contributed by atoms with Crippen molar-refractivity contribution in [2.24, 2.45) is 0 Å². The highest BCUT2D eigenvalue weighted by Gasteiger charge is 2.21. The summed E-state index contributed by atoms with van der Waals surface area (Å²) in [5.41, 5.74) is 3.77. The molecule has 1 aliphatic heterocycles. The number of para-hydroxylation sites is 1. The van der Waals surface area contributed by atoms with Crippen LogP contribution < -0.4 is 10.6 Å². The monoisotopic (exact) mass is 296 g/mol. The number of benzene rings is 2. The number of amides is 1. The molecule has 0 bridgehead atoms. The summed E-state index contributed by atoms with van der Waals surface area (Å²) in [6.07, 6.45) is 0.877. The van der Waals surface area contributed by atoms with Gasteiger partial charge >= 0.3 is 0 Å². The molecule has 1 atom stereocenters. The van der Waals surface area contributed by atoms with E-state index in [0.29, 0.717) is 18.0 Å². The Labute approximate surface area is 130 Å². The summed E-state index contributed by atoms with van der Waals surface area (Å²) in [6, 6.07) is 13.4. The Morgan fingerprint density at radius 2 is 2.14 bits per heavy atom. The quantitative estimate of drug-likeness (QED) is 0.812. The number of nitrogens with one attached hydrogen (secondary N) is 2. The van der Waals surface area contributed by atoms with Gasteiger partial charge in [-0.1, -0.05) is 24.3 Å². The van der Waals surface area contributed by atoms with Crippen LogP contribution in [0.2, 0.25) is 0 Å². The third-order valence-electron chi connectivity index (χ3n) is 4.12. The van der Waals surface area contributed by atoms with Crippen molar-refractivity contribution in [3.8, 4) is 5.75 Å². The van der Waals surface area contributed by atoms with E-state index < -0.39 is 0 Å². The summed E-state index contributed by atoms with van der Waals surface area (Å²) < 4.78 is 0. The van der Waals surface area contributed by atoms with E-state index in [0.717, 1.165) is 18.5 Å². The Bertz CT molecular complexity index is 697. The van der Waals surface area contributed by atoms with Gasteiger partial charge in [0.05, 0.1) is 5.56 Å². The summed E-state index contributed by atoms with van der Waals surface area (Å²) in [6.45, 7) is 3.38. The number of hydrogen-bond donors (Lipinski definition) is 3. The molecular weight excluding hydrogens is 276 g/mol. The maximum atomic E-state index is 12.1. The first-order valence-corrected chi connectivity index (χ1v) is 7.56. The van der Waals surface area contributed by atoms with Crippen molar-refractivity contribution in [2.45, 2.75) is 19.3 Å². The van der Waals surface area contributed by atoms with Crippen molar-refractivity contribution in [2.75, 3.05) is 18.4 Å². The highest BCUT2D eigenvalue weighted by Crippen LogP contribution is 2.32. The normalized spacial score (nSPS) is 16.0. The fourth-order valence-electron chi connectivity index (χ4n) is 2.90. The van der Waals surface area contributed by atoms with Crippen molar-refractivity contribution >= 4 is 11.6 Å². The van der Waals surface area contributed by atoms with Crippen molar-refractivity contribution < 1.29 is 9.90 Å². The minimum Gasteiger partial charge on any atom is -0.507 e. The Morgan fingerprint density at radius 1 is 1.32 bits per heavy atom. The lowest BCUT2D eigenvalue weighted by atomic mass is 9.98. The minimum atomic E-state index is -0.225. The molecule has 4 nitrogen and oxygen atoms in total. The lowest BCUT2D eigenvalue weighted by molar-refractivity contribution is 0.0950. The largest absolute Gasteiger partial charge is 0.507 e. The van der Waals surface area contributed by atoms with Crippen molar-refractivity contribution in [3.05, 3.63) is 59.2 Å². The molecule has 22 heavy (non-hydrogen) atoms. The van der Waals surface area contributed by atoms with Gasteiger partial charge in [0.1, 0.15) is 5.75 Å². The molecule has 0 aromatic heterocycles. The van der Waals surface area contributed by atoms with Crippen LogP contribution in [-0.2, 0) is 0 Å². The summed E-state index contributed by atoms with van der Waals surface area (Å²) >= 11 is 0. The molecule has 1 heterocycles. The van der Waals surface area contributed by atoms with Gasteiger partial charge in [0.2, 0.25) is 0 Å². The van der Waals surface area contributed by atoms with Crippen LogP contribution in [0.4, 0.5) is 5.69 Å². The fraction of sp³-hybridized carbons (Fsp3) is 0.278. The molecule has 0 aliphatic carbocycles. The van der Waals surface area contributed by atoms with Gasteiger partial charge in [-0.15, -0.1) is 0 Å². The van der Waals surface area contributed by atoms with Crippen LogP contribution in [0.3, 0.4) is 0 Å². The average Bonchev–Trinajstić information content (AvgIpc) is 2.90. The number of anilines is 1. The van der Waals surface area contributed by atoms with Gasteiger partial charge < -0.3 is 15.7 Å². The van der Waals surface area contributed by atoms with E-state index in [1.54, 1.807) is 12.1 Å². The number of carbonyl (C=O) groups excluding carboxylic acids is 1. The summed E-state index contributed by atoms with van der Waals surface area (Å²) in [7, 11) is 0. The third-order valence-corrected chi connectivity index (χ3v) is 4.12. The van der Waals surface area contributed by atoms with Crippen molar-refractivity contribution in [1.29, 1.82) is 0 Å². The van der Waals surface area contributed by atoms with Crippen LogP contribution in [0.25, 0.3) is 0 Å². The third kappa shape index (κ3) is 2.91. The SMILES string of the molecule is Cc1ccc(C(=O)NCCC2CNc3ccccc32)c(O)c1. The second-order valence-electron chi connectivity index (χ2n) is 5.73. The number of aromatic hydroxyl groups is 1. The topological polar surface area (TPSA) is 61.4 Å². The molecule has 4 heteroatoms. The van der Waals surface area contributed by atoms with Gasteiger partial charge in [0.15, 0.2) is 0 Å². The zero-order valence-electron chi connectivity index (χ0n) is 12.6. The van der Waals surface area contributed by atoms with E-state index >= 15 is 0 Å². The Morgan fingerprint density at radius 3 is 2.95 bits per heavy atom. The predicted molar refractivity (Wildman–Crippen MR) is 87.5 cm³/mol. The molecule has 0 saturated carbocycles. The summed E-state index contributed by atoms with van der Waals surface area (Å²) in [5.74, 6) is 0.227. The zero-order chi connectivity index (χ0) is 15.5. The first-order valence-electron chi connectivity index (χ1n) is 7.56. The molecule has 114 valence electrons. The number of fused-ring (bicyclic) bond motifs is 1. The number of phenols is 1. The van der Waals surface area contributed by atoms with Crippen LogP contribution in [0.5, 0.6) is 5.75 Å². The number of aryl methyl sites for hydroxylation is 1. The van der Waals surface area contributed by atoms with Gasteiger partial charge in [-0.3, -0.25) is 4.79 Å². The molecule has 0 radical (unpaired) electrons. The predicted octanol–water partition coefficient (Wildman–Crippen LogP) is 3.03. The molecule has 3 N–H and O–H groups in total. The van der Waals surface area contributed by atoms with Gasteiger partial charge in [0, 0.05) is 24.7 Å². The average molecular weight is 296 g/mol. The maximum Gasteiger partial charge on any atom is 0.255 e. The fourth-order valence-corrected chi connectivity index (χ4v) is 2.90. The van der Waals surface area contributed by atoms with E-state index in [9.17, 15) is 9.90 Å². The highest BCUT2D eigenvalue weighted by molar-refractivity contribution is 5.96. The molecule has 1 amide bonds. The van der Waals surface area contributed by atoms with Crippen LogP contribution in [0.1, 0.15) is 33.8 Å². The summed E-state index contributed by atoms with van der Waals surface area (Å²) in [5, 5.41) is 16.1. The van der Waals surface area contributed by atoms with Crippen LogP contribution >= 0.6 is 0 Å². The molecule has 0 saturated heterocycles. The number of hydrogen-bond acceptors (Lipinski definition) is 3. The minimum absolute atomic E-state index is 0.0328. The van der Waals surface area contributed by atoms with Crippen LogP contribution in [0.15, 0.2) is 42.5 Å². The molecule has 1 unspecified atom stereocenters. The second-order valence-corrected chi connectivity index (χ2v) is 5.73. The van der Waals surface area contributed by atoms with Crippen molar-refractivity contribution in [1.82, 2.24) is 5.32 Å². The Hall–Kier alpha value is -2.49. The molecule has 3 rings (SSSR count). The molecule has 1 aliphatic rings. The van der Waals surface area contributed by atoms with Gasteiger partial charge in [-0.2, -0.15) is 0 Å². The van der Waals surface area contributed by atoms with Crippen LogP contribution in [-0.4, -0.2) is 24.1 Å². The smallest absolute Gasteiger partial charge is 0.255 e. The van der Waals surface area contributed by atoms with Gasteiger partial charge in [0.25, 0.3) is 5.91 Å². The highest BCUT2D eigenvalue weighted by atomic mass is 16.3. The number of phenolic OH excluding ortho intramolecular Hbond substituents is 1. The lowest BCUT2D eigenvalue weighted by Crippen LogP contribution is -2.26. The van der Waals surface area contributed by atoms with Gasteiger partial charge in [-0.05, 0) is 42.7 Å². The Kier molecular flexibility index (Phi) is 4.00. The maximum absolute atomic E-state index is 12.1. The van der Waals surface area contributed by atoms with E-state index in [1.807, 2.05) is 25.1 Å². The first-order chi connectivity index (χ1) is 10.6. The zero-order valence-corrected chi connectivity index (χ0v) is 12.6. The molecule has 0 fully saturated rings. The molecule has 0 spiro atoms. The molecule has 2 aromatic carbocycles. The van der Waals surface area contributed by atoms with Crippen LogP contribution in [0, 0.1) is 6.92 Å². The molecular formula is C18H20N2O2. The lowest BCUT2D eigenvalue weighted by Gasteiger charge is -2.11. The standard InChI is InChI=1S/C18H20N2O2/c1-12-6-7-15(17(21)10-12)18(22)19-9-8-13-11-20-16-5-3-2-4-14(13)16/h2-7,10,13,20-21H,8-9,11H2,1H3,(H,19,22). The van der Waals surface area contributed by atoms with E-state index in [-0.39, 0.29) is 11.7 Å². The number of rotatable bonds is 4. The van der Waals surface area contributed by atoms with E-state index in [2.05, 4.69) is 22.8 Å². The van der Waals surface area contributed by atoms with Crippen molar-refractivity contribution in [3.63, 3.8) is 0 Å². The Balaban J connectivity index is 1.56.